The highest BCUT2D eigenvalue weighted by atomic mass is 32.1. The number of piperazine rings is 1. The van der Waals surface area contributed by atoms with Crippen molar-refractivity contribution in [1.29, 1.82) is 0 Å². The Balaban J connectivity index is 1.10. The van der Waals surface area contributed by atoms with Crippen LogP contribution in [0.1, 0.15) is 57.9 Å². The van der Waals surface area contributed by atoms with E-state index in [1.54, 1.807) is 25.4 Å². The number of nitrogens with one attached hydrogen (secondary N) is 2. The second-order valence-corrected chi connectivity index (χ2v) is 12.8. The molecule has 43 heavy (non-hydrogen) atoms. The number of rotatable bonds is 6. The maximum atomic E-state index is 14.9. The number of carbonyl (C=O) groups is 1. The smallest absolute Gasteiger partial charge is 0.293 e. The van der Waals surface area contributed by atoms with E-state index in [1.807, 2.05) is 24.3 Å². The number of amides is 1. The minimum Gasteiger partial charge on any atom is -0.369 e. The maximum absolute atomic E-state index is 14.9. The minimum atomic E-state index is -0.554. The molecule has 4 aromatic rings. The molecule has 2 N–H and O–H groups in total. The molecule has 3 aliphatic carbocycles. The molecule has 0 unspecified atom stereocenters. The third kappa shape index (κ3) is 5.43. The normalized spacial score (nSPS) is 19.7. The zero-order valence-electron chi connectivity index (χ0n) is 24.3. The highest BCUT2D eigenvalue weighted by molar-refractivity contribution is 7.14. The molecule has 2 aromatic carbocycles. The summed E-state index contributed by atoms with van der Waals surface area (Å²) in [5, 5.41) is 6.25. The van der Waals surface area contributed by atoms with Crippen LogP contribution >= 0.6 is 11.3 Å². The average molecular weight is 600 g/mol. The molecule has 8 rings (SSSR count). The zero-order valence-corrected chi connectivity index (χ0v) is 25.1. The molecule has 0 radical (unpaired) electrons. The molecule has 1 saturated carbocycles. The molecular formula is C32H34FN7O2S. The number of fused-ring (bicyclic) bond motifs is 2. The van der Waals surface area contributed by atoms with Crippen molar-refractivity contribution in [3.63, 3.8) is 0 Å². The summed E-state index contributed by atoms with van der Waals surface area (Å²) in [4.78, 5) is 41.3. The van der Waals surface area contributed by atoms with Crippen molar-refractivity contribution in [2.24, 2.45) is 7.05 Å². The Labute approximate surface area is 253 Å². The average Bonchev–Trinajstić information content (AvgIpc) is 3.50. The quantitative estimate of drug-likeness (QED) is 0.300. The topological polar surface area (TPSA) is 95.4 Å². The van der Waals surface area contributed by atoms with E-state index in [0.717, 1.165) is 68.9 Å². The van der Waals surface area contributed by atoms with Crippen molar-refractivity contribution in [2.45, 2.75) is 37.5 Å². The van der Waals surface area contributed by atoms with E-state index in [0.29, 0.717) is 28.1 Å². The van der Waals surface area contributed by atoms with Gasteiger partial charge in [0.2, 0.25) is 0 Å². The SMILES string of the molecule is CN1CCN(c2ccc(Nc3nc(-c4ccc(F)c(NC(=O)c5nc6c(s5)C5CCC6CC5)c4)cn(C)c3=O)cc2)CC1. The Kier molecular flexibility index (Phi) is 7.22. The first-order valence-electron chi connectivity index (χ1n) is 14.8. The highest BCUT2D eigenvalue weighted by Gasteiger charge is 2.37. The van der Waals surface area contributed by atoms with Crippen molar-refractivity contribution >= 4 is 40.1 Å². The van der Waals surface area contributed by atoms with E-state index in [2.05, 4.69) is 37.4 Å². The molecule has 11 heteroatoms. The van der Waals surface area contributed by atoms with Gasteiger partial charge in [-0.25, -0.2) is 14.4 Å². The van der Waals surface area contributed by atoms with E-state index in [4.69, 9.17) is 0 Å². The van der Waals surface area contributed by atoms with Crippen LogP contribution in [-0.4, -0.2) is 58.6 Å². The van der Waals surface area contributed by atoms with Gasteiger partial charge in [-0.2, -0.15) is 0 Å². The predicted molar refractivity (Wildman–Crippen MR) is 168 cm³/mol. The lowest BCUT2D eigenvalue weighted by Gasteiger charge is -2.34. The van der Waals surface area contributed by atoms with Crippen LogP contribution in [0.2, 0.25) is 0 Å². The Morgan fingerprint density at radius 1 is 0.953 bits per heavy atom. The second kappa shape index (κ2) is 11.2. The summed E-state index contributed by atoms with van der Waals surface area (Å²) in [7, 11) is 3.78. The fourth-order valence-electron chi connectivity index (χ4n) is 6.39. The summed E-state index contributed by atoms with van der Waals surface area (Å²) in [5.74, 6) is 0.122. The first-order valence-corrected chi connectivity index (χ1v) is 15.6. The monoisotopic (exact) mass is 599 g/mol. The third-order valence-electron chi connectivity index (χ3n) is 8.94. The molecule has 0 spiro atoms. The van der Waals surface area contributed by atoms with Crippen molar-refractivity contribution in [3.8, 4) is 11.3 Å². The second-order valence-electron chi connectivity index (χ2n) is 11.8. The van der Waals surface area contributed by atoms with Gasteiger partial charge in [-0.05, 0) is 81.1 Å². The Morgan fingerprint density at radius 2 is 1.67 bits per heavy atom. The molecule has 9 nitrogen and oxygen atoms in total. The summed E-state index contributed by atoms with van der Waals surface area (Å²) >= 11 is 1.44. The fraction of sp³-hybridized carbons (Fsp3) is 0.375. The van der Waals surface area contributed by atoms with E-state index in [9.17, 15) is 14.0 Å². The lowest BCUT2D eigenvalue weighted by molar-refractivity contribution is 0.102. The van der Waals surface area contributed by atoms with E-state index in [1.165, 1.54) is 26.8 Å². The van der Waals surface area contributed by atoms with Crippen molar-refractivity contribution in [3.05, 3.63) is 80.4 Å². The molecule has 2 fully saturated rings. The van der Waals surface area contributed by atoms with Gasteiger partial charge in [0.05, 0.1) is 17.1 Å². The molecule has 1 amide bonds. The number of aromatic nitrogens is 3. The molecule has 1 aliphatic heterocycles. The molecule has 3 heterocycles. The third-order valence-corrected chi connectivity index (χ3v) is 10.2. The van der Waals surface area contributed by atoms with Crippen molar-refractivity contribution < 1.29 is 9.18 Å². The number of aryl methyl sites for hydroxylation is 1. The Bertz CT molecular complexity index is 1710. The molecule has 222 valence electrons. The molecule has 1 saturated heterocycles. The summed E-state index contributed by atoms with van der Waals surface area (Å²) in [6.07, 6.45) is 6.17. The number of halogens is 1. The zero-order chi connectivity index (χ0) is 29.7. The van der Waals surface area contributed by atoms with E-state index >= 15 is 0 Å². The number of likely N-dealkylation sites (N-methyl/N-ethyl adjacent to an activating group) is 1. The maximum Gasteiger partial charge on any atom is 0.293 e. The van der Waals surface area contributed by atoms with Gasteiger partial charge in [-0.15, -0.1) is 11.3 Å². The summed E-state index contributed by atoms with van der Waals surface area (Å²) in [5.41, 5.74) is 3.74. The first-order chi connectivity index (χ1) is 20.8. The molecule has 4 aliphatic rings. The lowest BCUT2D eigenvalue weighted by atomic mass is 9.73. The molecule has 0 atom stereocenters. The first kappa shape index (κ1) is 27.7. The summed E-state index contributed by atoms with van der Waals surface area (Å²) < 4.78 is 16.3. The molecule has 2 bridgehead atoms. The molecular weight excluding hydrogens is 565 g/mol. The highest BCUT2D eigenvalue weighted by Crippen LogP contribution is 2.51. The van der Waals surface area contributed by atoms with Crippen LogP contribution in [0.25, 0.3) is 11.3 Å². The minimum absolute atomic E-state index is 0.0447. The number of hydrogen-bond donors (Lipinski definition) is 2. The van der Waals surface area contributed by atoms with Crippen molar-refractivity contribution in [1.82, 2.24) is 19.4 Å². The van der Waals surface area contributed by atoms with Crippen LogP contribution < -0.4 is 21.1 Å². The Morgan fingerprint density at radius 3 is 2.40 bits per heavy atom. The number of thiazole rings is 1. The van der Waals surface area contributed by atoms with Gasteiger partial charge in [0, 0.05) is 67.2 Å². The van der Waals surface area contributed by atoms with Gasteiger partial charge in [-0.1, -0.05) is 0 Å². The van der Waals surface area contributed by atoms with Gasteiger partial charge >= 0.3 is 0 Å². The van der Waals surface area contributed by atoms with Gasteiger partial charge in [0.15, 0.2) is 10.8 Å². The van der Waals surface area contributed by atoms with Crippen molar-refractivity contribution in [2.75, 3.05) is 48.8 Å². The van der Waals surface area contributed by atoms with E-state index in [-0.39, 0.29) is 17.1 Å². The summed E-state index contributed by atoms with van der Waals surface area (Å²) in [6.45, 7) is 3.99. The van der Waals surface area contributed by atoms with Gasteiger partial charge in [-0.3, -0.25) is 9.59 Å². The number of benzene rings is 2. The largest absolute Gasteiger partial charge is 0.369 e. The Hall–Kier alpha value is -4.09. The lowest BCUT2D eigenvalue weighted by Crippen LogP contribution is -2.44. The molecule has 2 aromatic heterocycles. The fourth-order valence-corrected chi connectivity index (χ4v) is 7.61. The van der Waals surface area contributed by atoms with E-state index < -0.39 is 11.7 Å². The number of anilines is 4. The number of carbonyl (C=O) groups excluding carboxylic acids is 1. The van der Waals surface area contributed by atoms with Crippen LogP contribution in [0.3, 0.4) is 0 Å². The van der Waals surface area contributed by atoms with Crippen LogP contribution in [-0.2, 0) is 7.05 Å². The van der Waals surface area contributed by atoms with Crippen LogP contribution in [0.15, 0.2) is 53.5 Å². The number of nitrogens with zero attached hydrogens (tertiary/aromatic N) is 5. The number of hydrogen-bond acceptors (Lipinski definition) is 8. The van der Waals surface area contributed by atoms with Crippen LogP contribution in [0.4, 0.5) is 27.3 Å². The van der Waals surface area contributed by atoms with Gasteiger partial charge in [0.25, 0.3) is 11.5 Å². The summed E-state index contributed by atoms with van der Waals surface area (Å²) in [6, 6.07) is 12.4. The van der Waals surface area contributed by atoms with Gasteiger partial charge in [0.1, 0.15) is 5.82 Å². The standard InChI is InChI=1S/C32H34FN7O2S/c1-38-13-15-40(16-14-38)23-10-8-22(9-11-23)34-29-32(42)39(2)18-26(35-29)21-7-12-24(33)25(17-21)36-30(41)31-37-27-19-3-5-20(6-4-19)28(27)43-31/h7-12,17-20H,3-6,13-16H2,1-2H3,(H,34,35)(H,36,41). The predicted octanol–water partition coefficient (Wildman–Crippen LogP) is 5.55. The van der Waals surface area contributed by atoms with Gasteiger partial charge < -0.3 is 25.0 Å². The van der Waals surface area contributed by atoms with Crippen LogP contribution in [0, 0.1) is 5.82 Å². The van der Waals surface area contributed by atoms with Crippen LogP contribution in [0.5, 0.6) is 0 Å².